The zero-order valence-corrected chi connectivity index (χ0v) is 18.3. The quantitative estimate of drug-likeness (QED) is 0.636. The molecule has 7 heteroatoms. The first kappa shape index (κ1) is 21.3. The van der Waals surface area contributed by atoms with E-state index in [9.17, 15) is 9.59 Å². The fraction of sp³-hybridized carbons (Fsp3) is 0.458. The van der Waals surface area contributed by atoms with E-state index in [0.717, 1.165) is 34.7 Å². The average Bonchev–Trinajstić information content (AvgIpc) is 3.57. The van der Waals surface area contributed by atoms with Gasteiger partial charge in [0.2, 0.25) is 5.91 Å². The van der Waals surface area contributed by atoms with Gasteiger partial charge >= 0.3 is 0 Å². The number of piperazine rings is 1. The molecule has 1 atom stereocenters. The third-order valence-corrected chi connectivity index (χ3v) is 6.11. The van der Waals surface area contributed by atoms with Crippen molar-refractivity contribution < 1.29 is 9.59 Å². The molecule has 1 aromatic carbocycles. The van der Waals surface area contributed by atoms with Gasteiger partial charge in [-0.2, -0.15) is 0 Å². The molecular formula is C24H31N5O2. The molecular weight excluding hydrogens is 390 g/mol. The predicted octanol–water partition coefficient (Wildman–Crippen LogP) is 2.19. The van der Waals surface area contributed by atoms with Crippen molar-refractivity contribution in [1.29, 1.82) is 0 Å². The van der Waals surface area contributed by atoms with Crippen LogP contribution in [0.4, 0.5) is 5.82 Å². The van der Waals surface area contributed by atoms with E-state index in [1.165, 1.54) is 12.8 Å². The number of rotatable bonds is 7. The van der Waals surface area contributed by atoms with Gasteiger partial charge in [-0.1, -0.05) is 36.6 Å². The molecule has 0 radical (unpaired) electrons. The number of carbonyl (C=O) groups excluding carboxylic acids is 2. The first-order chi connectivity index (χ1) is 14.9. The fourth-order valence-corrected chi connectivity index (χ4v) is 4.22. The molecule has 1 unspecified atom stereocenters. The Balaban J connectivity index is 1.52. The summed E-state index contributed by atoms with van der Waals surface area (Å²) in [5.74, 6) is 1.27. The van der Waals surface area contributed by atoms with Crippen molar-refractivity contribution in [2.24, 2.45) is 11.7 Å². The third kappa shape index (κ3) is 5.22. The molecule has 1 saturated heterocycles. The van der Waals surface area contributed by atoms with Crippen molar-refractivity contribution in [3.05, 3.63) is 58.3 Å². The molecule has 1 aliphatic heterocycles. The van der Waals surface area contributed by atoms with Gasteiger partial charge in [-0.25, -0.2) is 4.98 Å². The summed E-state index contributed by atoms with van der Waals surface area (Å²) in [4.78, 5) is 31.8. The summed E-state index contributed by atoms with van der Waals surface area (Å²) >= 11 is 0. The largest absolute Gasteiger partial charge is 0.352 e. The normalized spacial score (nSPS) is 18.6. The summed E-state index contributed by atoms with van der Waals surface area (Å²) < 4.78 is 0. The van der Waals surface area contributed by atoms with Crippen LogP contribution in [0.3, 0.4) is 0 Å². The minimum atomic E-state index is -0.156. The second kappa shape index (κ2) is 9.06. The number of aromatic nitrogens is 1. The summed E-state index contributed by atoms with van der Waals surface area (Å²) in [6.45, 7) is 5.66. The number of nitrogens with one attached hydrogen (secondary N) is 2. The van der Waals surface area contributed by atoms with Crippen molar-refractivity contribution in [2.75, 3.05) is 18.0 Å². The highest BCUT2D eigenvalue weighted by atomic mass is 16.2. The van der Waals surface area contributed by atoms with Crippen LogP contribution in [-0.2, 0) is 17.9 Å². The molecule has 2 aliphatic rings. The van der Waals surface area contributed by atoms with E-state index in [-0.39, 0.29) is 24.4 Å². The van der Waals surface area contributed by atoms with Crippen LogP contribution in [0.5, 0.6) is 0 Å². The van der Waals surface area contributed by atoms with Gasteiger partial charge in [-0.15, -0.1) is 0 Å². The molecule has 4 rings (SSSR count). The van der Waals surface area contributed by atoms with E-state index >= 15 is 0 Å². The lowest BCUT2D eigenvalue weighted by atomic mass is 10.0. The Bertz CT molecular complexity index is 986. The Morgan fingerprint density at radius 1 is 1.23 bits per heavy atom. The van der Waals surface area contributed by atoms with Gasteiger partial charge in [0, 0.05) is 36.9 Å². The Morgan fingerprint density at radius 3 is 2.77 bits per heavy atom. The van der Waals surface area contributed by atoms with Crippen molar-refractivity contribution in [1.82, 2.24) is 15.6 Å². The van der Waals surface area contributed by atoms with Crippen LogP contribution in [0.1, 0.15) is 52.0 Å². The van der Waals surface area contributed by atoms with Gasteiger partial charge in [0.1, 0.15) is 5.82 Å². The molecule has 1 aromatic heterocycles. The number of pyridine rings is 1. The molecule has 1 aliphatic carbocycles. The van der Waals surface area contributed by atoms with E-state index < -0.39 is 0 Å². The molecule has 4 N–H and O–H groups in total. The molecule has 164 valence electrons. The lowest BCUT2D eigenvalue weighted by Crippen LogP contribution is -2.55. The first-order valence-electron chi connectivity index (χ1n) is 11.0. The third-order valence-electron chi connectivity index (χ3n) is 6.11. The van der Waals surface area contributed by atoms with Crippen molar-refractivity contribution in [3.8, 4) is 0 Å². The van der Waals surface area contributed by atoms with Crippen molar-refractivity contribution in [2.45, 2.75) is 52.2 Å². The molecule has 2 amide bonds. The maximum absolute atomic E-state index is 13.0. The predicted molar refractivity (Wildman–Crippen MR) is 121 cm³/mol. The Labute approximate surface area is 183 Å². The van der Waals surface area contributed by atoms with Crippen LogP contribution < -0.4 is 21.3 Å². The van der Waals surface area contributed by atoms with Gasteiger partial charge in [-0.3, -0.25) is 9.59 Å². The lowest BCUT2D eigenvalue weighted by molar-refractivity contribution is -0.120. The average molecular weight is 422 g/mol. The number of nitrogens with zero attached hydrogens (tertiary/aromatic N) is 2. The zero-order valence-electron chi connectivity index (χ0n) is 18.3. The van der Waals surface area contributed by atoms with Crippen LogP contribution >= 0.6 is 0 Å². The SMILES string of the molecule is Cc1ccc(CN)c(CNC(=O)c2cc(C)nc(N3CC(=O)NCC3CC3CC3)c2)c1. The Kier molecular flexibility index (Phi) is 6.23. The topological polar surface area (TPSA) is 100 Å². The van der Waals surface area contributed by atoms with E-state index in [2.05, 4.69) is 26.6 Å². The van der Waals surface area contributed by atoms with Crippen molar-refractivity contribution in [3.63, 3.8) is 0 Å². The number of anilines is 1. The molecule has 2 heterocycles. The lowest BCUT2D eigenvalue weighted by Gasteiger charge is -2.36. The van der Waals surface area contributed by atoms with Crippen LogP contribution in [0.2, 0.25) is 0 Å². The van der Waals surface area contributed by atoms with E-state index in [1.807, 2.05) is 26.0 Å². The summed E-state index contributed by atoms with van der Waals surface area (Å²) in [6.07, 6.45) is 3.57. The number of aryl methyl sites for hydroxylation is 2. The van der Waals surface area contributed by atoms with E-state index in [4.69, 9.17) is 5.73 Å². The highest BCUT2D eigenvalue weighted by Gasteiger charge is 2.33. The molecule has 0 bridgehead atoms. The minimum Gasteiger partial charge on any atom is -0.352 e. The maximum Gasteiger partial charge on any atom is 0.251 e. The molecule has 7 nitrogen and oxygen atoms in total. The number of hydrogen-bond acceptors (Lipinski definition) is 5. The van der Waals surface area contributed by atoms with Gasteiger partial charge in [-0.05, 0) is 49.4 Å². The van der Waals surface area contributed by atoms with Crippen LogP contribution in [0.15, 0.2) is 30.3 Å². The first-order valence-corrected chi connectivity index (χ1v) is 11.0. The summed E-state index contributed by atoms with van der Waals surface area (Å²) in [6, 6.07) is 9.90. The highest BCUT2D eigenvalue weighted by molar-refractivity contribution is 5.95. The summed E-state index contributed by atoms with van der Waals surface area (Å²) in [7, 11) is 0. The van der Waals surface area contributed by atoms with E-state index in [1.54, 1.807) is 12.1 Å². The number of carbonyl (C=O) groups is 2. The number of amides is 2. The van der Waals surface area contributed by atoms with Crippen molar-refractivity contribution >= 4 is 17.6 Å². The number of benzene rings is 1. The molecule has 31 heavy (non-hydrogen) atoms. The van der Waals surface area contributed by atoms with Gasteiger partial charge in [0.15, 0.2) is 0 Å². The zero-order chi connectivity index (χ0) is 22.0. The van der Waals surface area contributed by atoms with Gasteiger partial charge < -0.3 is 21.3 Å². The second-order valence-electron chi connectivity index (χ2n) is 8.78. The second-order valence-corrected chi connectivity index (χ2v) is 8.78. The molecule has 2 fully saturated rings. The highest BCUT2D eigenvalue weighted by Crippen LogP contribution is 2.36. The van der Waals surface area contributed by atoms with Crippen LogP contribution in [0, 0.1) is 19.8 Å². The monoisotopic (exact) mass is 421 g/mol. The molecule has 0 spiro atoms. The van der Waals surface area contributed by atoms with E-state index in [0.29, 0.717) is 31.0 Å². The molecule has 1 saturated carbocycles. The molecule has 2 aromatic rings. The Hall–Kier alpha value is -2.93. The number of nitrogens with two attached hydrogens (primary N) is 1. The van der Waals surface area contributed by atoms with Crippen LogP contribution in [-0.4, -0.2) is 35.9 Å². The minimum absolute atomic E-state index is 0.00452. The number of hydrogen-bond donors (Lipinski definition) is 3. The maximum atomic E-state index is 13.0. The fourth-order valence-electron chi connectivity index (χ4n) is 4.22. The summed E-state index contributed by atoms with van der Waals surface area (Å²) in [5, 5.41) is 5.99. The Morgan fingerprint density at radius 2 is 2.03 bits per heavy atom. The summed E-state index contributed by atoms with van der Waals surface area (Å²) in [5.41, 5.74) is 10.3. The van der Waals surface area contributed by atoms with Crippen LogP contribution in [0.25, 0.3) is 0 Å². The van der Waals surface area contributed by atoms with Gasteiger partial charge in [0.25, 0.3) is 5.91 Å². The standard InChI is InChI=1S/C24H31N5O2/c1-15-3-6-18(11-25)20(7-15)12-27-24(31)19-8-16(2)28-22(10-19)29-14-23(30)26-13-21(29)9-17-4-5-17/h3,6-8,10,17,21H,4-5,9,11-14,25H2,1-2H3,(H,26,30)(H,27,31). The van der Waals surface area contributed by atoms with Gasteiger partial charge in [0.05, 0.1) is 6.54 Å². The smallest absolute Gasteiger partial charge is 0.251 e.